The molecule has 1 aliphatic rings. The van der Waals surface area contributed by atoms with Gasteiger partial charge in [-0.1, -0.05) is 19.8 Å². The summed E-state index contributed by atoms with van der Waals surface area (Å²) in [4.78, 5) is 16.5. The van der Waals surface area contributed by atoms with Crippen molar-refractivity contribution in [2.45, 2.75) is 32.6 Å². The summed E-state index contributed by atoms with van der Waals surface area (Å²) in [7, 11) is 1.56. The van der Waals surface area contributed by atoms with Crippen LogP contribution >= 0.6 is 0 Å². The van der Waals surface area contributed by atoms with Gasteiger partial charge in [0.25, 0.3) is 0 Å². The molecule has 0 spiro atoms. The van der Waals surface area contributed by atoms with E-state index in [0.29, 0.717) is 11.4 Å². The minimum Gasteiger partial charge on any atom is -0.480 e. The molecule has 1 saturated carbocycles. The number of hydrogen-bond donors (Lipinski definition) is 0. The van der Waals surface area contributed by atoms with Gasteiger partial charge in [-0.05, 0) is 30.9 Å². The predicted molar refractivity (Wildman–Crippen MR) is 66.2 cm³/mol. The van der Waals surface area contributed by atoms with Gasteiger partial charge in [0, 0.05) is 12.1 Å². The summed E-state index contributed by atoms with van der Waals surface area (Å²) >= 11 is 0. The van der Waals surface area contributed by atoms with E-state index in [9.17, 15) is 4.79 Å². The summed E-state index contributed by atoms with van der Waals surface area (Å²) in [6.07, 6.45) is 5.95. The van der Waals surface area contributed by atoms with Gasteiger partial charge >= 0.3 is 0 Å². The maximum atomic E-state index is 12.4. The van der Waals surface area contributed by atoms with Crippen LogP contribution in [0.15, 0.2) is 18.3 Å². The summed E-state index contributed by atoms with van der Waals surface area (Å²) in [6.45, 7) is 2.26. The van der Waals surface area contributed by atoms with Crippen LogP contribution in [0.1, 0.15) is 43.0 Å². The molecule has 0 radical (unpaired) electrons. The fraction of sp³-hybridized carbons (Fsp3) is 0.571. The zero-order chi connectivity index (χ0) is 12.3. The molecule has 0 saturated heterocycles. The van der Waals surface area contributed by atoms with Gasteiger partial charge in [0.15, 0.2) is 5.78 Å². The Bertz CT molecular complexity index is 395. The smallest absolute Gasteiger partial charge is 0.224 e. The first-order valence-electron chi connectivity index (χ1n) is 6.25. The molecule has 0 aliphatic heterocycles. The van der Waals surface area contributed by atoms with E-state index in [0.717, 1.165) is 31.6 Å². The van der Waals surface area contributed by atoms with Crippen LogP contribution in [0.3, 0.4) is 0 Å². The second kappa shape index (κ2) is 5.30. The van der Waals surface area contributed by atoms with Crippen molar-refractivity contribution >= 4 is 5.78 Å². The molecule has 92 valence electrons. The lowest BCUT2D eigenvalue weighted by Gasteiger charge is -2.25. The second-order valence-corrected chi connectivity index (χ2v) is 4.88. The highest BCUT2D eigenvalue weighted by Crippen LogP contribution is 2.32. The molecule has 1 fully saturated rings. The third-order valence-corrected chi connectivity index (χ3v) is 3.62. The van der Waals surface area contributed by atoms with Gasteiger partial charge in [-0.3, -0.25) is 4.79 Å². The zero-order valence-electron chi connectivity index (χ0n) is 10.5. The van der Waals surface area contributed by atoms with E-state index in [2.05, 4.69) is 11.9 Å². The lowest BCUT2D eigenvalue weighted by molar-refractivity contribution is 0.0872. The average molecular weight is 233 g/mol. The predicted octanol–water partition coefficient (Wildman–Crippen LogP) is 3.10. The first-order chi connectivity index (χ1) is 8.22. The molecular formula is C14H19NO2. The van der Waals surface area contributed by atoms with Crippen molar-refractivity contribution in [2.75, 3.05) is 7.11 Å². The molecule has 1 aliphatic carbocycles. The second-order valence-electron chi connectivity index (χ2n) is 4.88. The number of Topliss-reactive ketones (excluding diaryl/α,β-unsaturated/α-hetero) is 1. The minimum absolute atomic E-state index is 0.157. The van der Waals surface area contributed by atoms with Gasteiger partial charge in [-0.15, -0.1) is 0 Å². The molecule has 3 nitrogen and oxygen atoms in total. The Hall–Kier alpha value is -1.38. The number of methoxy groups -OCH3 is 1. The Morgan fingerprint density at radius 3 is 2.71 bits per heavy atom. The maximum Gasteiger partial charge on any atom is 0.224 e. The highest BCUT2D eigenvalue weighted by Gasteiger charge is 2.27. The van der Waals surface area contributed by atoms with Crippen molar-refractivity contribution in [3.63, 3.8) is 0 Å². The molecule has 1 aromatic heterocycles. The Morgan fingerprint density at radius 1 is 1.35 bits per heavy atom. The number of aromatic nitrogens is 1. The van der Waals surface area contributed by atoms with Crippen LogP contribution in [0.25, 0.3) is 0 Å². The van der Waals surface area contributed by atoms with Crippen LogP contribution < -0.4 is 4.74 Å². The molecule has 3 heteroatoms. The van der Waals surface area contributed by atoms with E-state index < -0.39 is 0 Å². The zero-order valence-corrected chi connectivity index (χ0v) is 10.5. The van der Waals surface area contributed by atoms with Gasteiger partial charge in [0.05, 0.1) is 12.7 Å². The number of ketones is 1. The molecule has 0 N–H and O–H groups in total. The standard InChI is InChI=1S/C14H19NO2/c1-10-5-7-11(8-6-10)13(16)12-4-3-9-15-14(12)17-2/h3-4,9-11H,5-8H2,1-2H3. The van der Waals surface area contributed by atoms with Crippen LogP contribution in [0.4, 0.5) is 0 Å². The monoisotopic (exact) mass is 233 g/mol. The number of hydrogen-bond acceptors (Lipinski definition) is 3. The number of rotatable bonds is 3. The Labute approximate surface area is 102 Å². The van der Waals surface area contributed by atoms with Gasteiger partial charge in [-0.2, -0.15) is 0 Å². The molecular weight excluding hydrogens is 214 g/mol. The highest BCUT2D eigenvalue weighted by atomic mass is 16.5. The lowest BCUT2D eigenvalue weighted by Crippen LogP contribution is -2.21. The van der Waals surface area contributed by atoms with Crippen LogP contribution in [-0.2, 0) is 0 Å². The van der Waals surface area contributed by atoms with E-state index in [1.54, 1.807) is 19.4 Å². The van der Waals surface area contributed by atoms with Crippen molar-refractivity contribution in [1.29, 1.82) is 0 Å². The molecule has 0 atom stereocenters. The third kappa shape index (κ3) is 2.65. The summed E-state index contributed by atoms with van der Waals surface area (Å²) in [6, 6.07) is 3.60. The van der Waals surface area contributed by atoms with Crippen molar-refractivity contribution in [1.82, 2.24) is 4.98 Å². The van der Waals surface area contributed by atoms with Gasteiger partial charge in [0.1, 0.15) is 0 Å². The molecule has 17 heavy (non-hydrogen) atoms. The fourth-order valence-electron chi connectivity index (χ4n) is 2.48. The van der Waals surface area contributed by atoms with Crippen LogP contribution in [-0.4, -0.2) is 17.9 Å². The topological polar surface area (TPSA) is 39.2 Å². The number of carbonyl (C=O) groups is 1. The number of nitrogens with zero attached hydrogens (tertiary/aromatic N) is 1. The molecule has 2 rings (SSSR count). The molecule has 1 aromatic rings. The summed E-state index contributed by atoms with van der Waals surface area (Å²) in [5, 5.41) is 0. The van der Waals surface area contributed by atoms with Gasteiger partial charge < -0.3 is 4.74 Å². The normalized spacial score (nSPS) is 24.4. The van der Waals surface area contributed by atoms with Crippen molar-refractivity contribution in [2.24, 2.45) is 11.8 Å². The highest BCUT2D eigenvalue weighted by molar-refractivity contribution is 5.99. The Balaban J connectivity index is 2.14. The first kappa shape index (κ1) is 12.1. The lowest BCUT2D eigenvalue weighted by atomic mass is 9.79. The quantitative estimate of drug-likeness (QED) is 0.753. The fourth-order valence-corrected chi connectivity index (χ4v) is 2.48. The Morgan fingerprint density at radius 2 is 2.06 bits per heavy atom. The summed E-state index contributed by atoms with van der Waals surface area (Å²) < 4.78 is 5.15. The largest absolute Gasteiger partial charge is 0.480 e. The molecule has 1 heterocycles. The first-order valence-corrected chi connectivity index (χ1v) is 6.25. The number of pyridine rings is 1. The van der Waals surface area contributed by atoms with E-state index in [1.807, 2.05) is 6.07 Å². The van der Waals surface area contributed by atoms with Gasteiger partial charge in [-0.25, -0.2) is 4.98 Å². The van der Waals surface area contributed by atoms with Crippen LogP contribution in [0.2, 0.25) is 0 Å². The molecule has 0 bridgehead atoms. The van der Waals surface area contributed by atoms with Crippen molar-refractivity contribution < 1.29 is 9.53 Å². The average Bonchev–Trinajstić information content (AvgIpc) is 2.39. The number of carbonyl (C=O) groups excluding carboxylic acids is 1. The Kier molecular flexibility index (Phi) is 3.77. The van der Waals surface area contributed by atoms with Crippen molar-refractivity contribution in [3.05, 3.63) is 23.9 Å². The third-order valence-electron chi connectivity index (χ3n) is 3.62. The maximum absolute atomic E-state index is 12.4. The molecule has 0 amide bonds. The minimum atomic E-state index is 0.157. The SMILES string of the molecule is COc1ncccc1C(=O)C1CCC(C)CC1. The van der Waals surface area contributed by atoms with E-state index in [-0.39, 0.29) is 11.7 Å². The number of ether oxygens (including phenoxy) is 1. The van der Waals surface area contributed by atoms with Crippen LogP contribution in [0.5, 0.6) is 5.88 Å². The van der Waals surface area contributed by atoms with Crippen molar-refractivity contribution in [3.8, 4) is 5.88 Å². The van der Waals surface area contributed by atoms with Gasteiger partial charge in [0.2, 0.25) is 5.88 Å². The van der Waals surface area contributed by atoms with E-state index in [4.69, 9.17) is 4.74 Å². The summed E-state index contributed by atoms with van der Waals surface area (Å²) in [5.74, 6) is 1.57. The van der Waals surface area contributed by atoms with Crippen LogP contribution in [0, 0.1) is 11.8 Å². The summed E-state index contributed by atoms with van der Waals surface area (Å²) in [5.41, 5.74) is 0.634. The molecule has 0 aromatic carbocycles. The van der Waals surface area contributed by atoms with E-state index >= 15 is 0 Å². The molecule has 0 unspecified atom stereocenters. The van der Waals surface area contributed by atoms with E-state index in [1.165, 1.54) is 0 Å².